The topological polar surface area (TPSA) is 85.4 Å². The Kier molecular flexibility index (Phi) is 3.66. The maximum absolute atomic E-state index is 12.4. The SMILES string of the molecule is Cc1coc2c1C(NC(=O)c1cccc([N+](=O)[O-])c1)CCC2. The number of hydrogen-bond donors (Lipinski definition) is 1. The number of carbonyl (C=O) groups excluding carboxylic acids is 1. The number of carbonyl (C=O) groups is 1. The van der Waals surface area contributed by atoms with Gasteiger partial charge in [-0.25, -0.2) is 0 Å². The van der Waals surface area contributed by atoms with Crippen LogP contribution in [0, 0.1) is 17.0 Å². The average molecular weight is 300 g/mol. The van der Waals surface area contributed by atoms with Gasteiger partial charge in [-0.3, -0.25) is 14.9 Å². The number of nitrogens with one attached hydrogen (secondary N) is 1. The monoisotopic (exact) mass is 300 g/mol. The van der Waals surface area contributed by atoms with Crippen LogP contribution < -0.4 is 5.32 Å². The molecule has 2 aromatic rings. The van der Waals surface area contributed by atoms with Gasteiger partial charge < -0.3 is 9.73 Å². The largest absolute Gasteiger partial charge is 0.469 e. The molecule has 0 bridgehead atoms. The number of aryl methyl sites for hydroxylation is 2. The molecule has 1 aromatic heterocycles. The molecule has 114 valence electrons. The van der Waals surface area contributed by atoms with Crippen LogP contribution >= 0.6 is 0 Å². The van der Waals surface area contributed by atoms with Crippen molar-refractivity contribution in [3.63, 3.8) is 0 Å². The Bertz CT molecular complexity index is 735. The number of nitrogens with zero attached hydrogens (tertiary/aromatic N) is 1. The van der Waals surface area contributed by atoms with Crippen LogP contribution in [0.25, 0.3) is 0 Å². The van der Waals surface area contributed by atoms with Gasteiger partial charge in [0.2, 0.25) is 0 Å². The van der Waals surface area contributed by atoms with Gasteiger partial charge in [0.05, 0.1) is 17.2 Å². The molecule has 0 fully saturated rings. The highest BCUT2D eigenvalue weighted by atomic mass is 16.6. The zero-order chi connectivity index (χ0) is 15.7. The predicted octanol–water partition coefficient (Wildman–Crippen LogP) is 3.30. The summed E-state index contributed by atoms with van der Waals surface area (Å²) in [5, 5.41) is 13.8. The summed E-state index contributed by atoms with van der Waals surface area (Å²) in [5.41, 5.74) is 2.28. The van der Waals surface area contributed by atoms with Crippen LogP contribution in [0.5, 0.6) is 0 Å². The van der Waals surface area contributed by atoms with Crippen LogP contribution in [0.2, 0.25) is 0 Å². The zero-order valence-electron chi connectivity index (χ0n) is 12.2. The lowest BCUT2D eigenvalue weighted by Gasteiger charge is -2.23. The molecule has 3 rings (SSSR count). The van der Waals surface area contributed by atoms with Gasteiger partial charge in [-0.05, 0) is 31.4 Å². The first-order chi connectivity index (χ1) is 10.6. The van der Waals surface area contributed by atoms with Gasteiger partial charge in [0, 0.05) is 29.7 Å². The zero-order valence-corrected chi connectivity index (χ0v) is 12.2. The Balaban J connectivity index is 1.82. The van der Waals surface area contributed by atoms with E-state index in [1.807, 2.05) is 6.92 Å². The van der Waals surface area contributed by atoms with Crippen molar-refractivity contribution < 1.29 is 14.1 Å². The lowest BCUT2D eigenvalue weighted by Crippen LogP contribution is -2.31. The molecule has 1 unspecified atom stereocenters. The van der Waals surface area contributed by atoms with E-state index in [4.69, 9.17) is 4.42 Å². The molecule has 0 saturated carbocycles. The van der Waals surface area contributed by atoms with E-state index in [0.717, 1.165) is 36.1 Å². The molecule has 1 aliphatic rings. The average Bonchev–Trinajstić information content (AvgIpc) is 2.90. The Morgan fingerprint density at radius 1 is 1.45 bits per heavy atom. The van der Waals surface area contributed by atoms with Crippen LogP contribution in [0.15, 0.2) is 34.9 Å². The van der Waals surface area contributed by atoms with Crippen molar-refractivity contribution in [2.75, 3.05) is 0 Å². The summed E-state index contributed by atoms with van der Waals surface area (Å²) >= 11 is 0. The molecule has 1 N–H and O–H groups in total. The fourth-order valence-corrected chi connectivity index (χ4v) is 2.93. The Hall–Kier alpha value is -2.63. The van der Waals surface area contributed by atoms with Crippen molar-refractivity contribution >= 4 is 11.6 Å². The minimum Gasteiger partial charge on any atom is -0.469 e. The van der Waals surface area contributed by atoms with Crippen molar-refractivity contribution in [3.05, 3.63) is 63.1 Å². The van der Waals surface area contributed by atoms with E-state index in [9.17, 15) is 14.9 Å². The third-order valence-corrected chi connectivity index (χ3v) is 3.97. The summed E-state index contributed by atoms with van der Waals surface area (Å²) in [4.78, 5) is 22.7. The van der Waals surface area contributed by atoms with Gasteiger partial charge in [0.25, 0.3) is 11.6 Å². The highest BCUT2D eigenvalue weighted by molar-refractivity contribution is 5.95. The van der Waals surface area contributed by atoms with Gasteiger partial charge in [-0.1, -0.05) is 6.07 Å². The second kappa shape index (κ2) is 5.63. The fourth-order valence-electron chi connectivity index (χ4n) is 2.93. The number of benzene rings is 1. The van der Waals surface area contributed by atoms with E-state index in [0.29, 0.717) is 5.56 Å². The van der Waals surface area contributed by atoms with Gasteiger partial charge in [-0.15, -0.1) is 0 Å². The number of nitro groups is 1. The van der Waals surface area contributed by atoms with Gasteiger partial charge in [0.15, 0.2) is 0 Å². The maximum atomic E-state index is 12.4. The van der Waals surface area contributed by atoms with Crippen molar-refractivity contribution in [1.82, 2.24) is 5.32 Å². The molecule has 0 aliphatic heterocycles. The van der Waals surface area contributed by atoms with Crippen LogP contribution in [0.4, 0.5) is 5.69 Å². The highest BCUT2D eigenvalue weighted by Gasteiger charge is 2.27. The maximum Gasteiger partial charge on any atom is 0.270 e. The number of amides is 1. The predicted molar refractivity (Wildman–Crippen MR) is 79.7 cm³/mol. The van der Waals surface area contributed by atoms with Crippen LogP contribution in [0.3, 0.4) is 0 Å². The molecule has 0 saturated heterocycles. The summed E-state index contributed by atoms with van der Waals surface area (Å²) < 4.78 is 5.51. The summed E-state index contributed by atoms with van der Waals surface area (Å²) in [6.45, 7) is 1.96. The van der Waals surface area contributed by atoms with Crippen molar-refractivity contribution in [3.8, 4) is 0 Å². The van der Waals surface area contributed by atoms with Gasteiger partial charge in [0.1, 0.15) is 5.76 Å². The lowest BCUT2D eigenvalue weighted by atomic mass is 9.90. The number of nitro benzene ring substituents is 1. The Morgan fingerprint density at radius 3 is 3.05 bits per heavy atom. The van der Waals surface area contributed by atoms with E-state index in [1.165, 1.54) is 18.2 Å². The number of rotatable bonds is 3. The molecular weight excluding hydrogens is 284 g/mol. The summed E-state index contributed by atoms with van der Waals surface area (Å²) in [6, 6.07) is 5.66. The molecule has 1 atom stereocenters. The molecule has 0 spiro atoms. The second-order valence-electron chi connectivity index (χ2n) is 5.48. The molecule has 0 radical (unpaired) electrons. The number of furan rings is 1. The first kappa shape index (κ1) is 14.3. The number of hydrogen-bond acceptors (Lipinski definition) is 4. The molecule has 1 aliphatic carbocycles. The summed E-state index contributed by atoms with van der Waals surface area (Å²) in [6.07, 6.45) is 4.38. The number of fused-ring (bicyclic) bond motifs is 1. The third kappa shape index (κ3) is 2.59. The highest BCUT2D eigenvalue weighted by Crippen LogP contribution is 2.33. The molecule has 6 nitrogen and oxygen atoms in total. The smallest absolute Gasteiger partial charge is 0.270 e. The summed E-state index contributed by atoms with van der Waals surface area (Å²) in [7, 11) is 0. The minimum absolute atomic E-state index is 0.0866. The third-order valence-electron chi connectivity index (χ3n) is 3.97. The second-order valence-corrected chi connectivity index (χ2v) is 5.48. The van der Waals surface area contributed by atoms with E-state index >= 15 is 0 Å². The Morgan fingerprint density at radius 2 is 2.27 bits per heavy atom. The quantitative estimate of drug-likeness (QED) is 0.696. The van der Waals surface area contributed by atoms with Crippen molar-refractivity contribution in [2.45, 2.75) is 32.2 Å². The van der Waals surface area contributed by atoms with E-state index < -0.39 is 4.92 Å². The van der Waals surface area contributed by atoms with E-state index in [1.54, 1.807) is 12.3 Å². The standard InChI is InChI=1S/C16H16N2O4/c1-10-9-22-14-7-3-6-13(15(10)14)17-16(19)11-4-2-5-12(8-11)18(20)21/h2,4-5,8-9,13H,3,6-7H2,1H3,(H,17,19). The van der Waals surface area contributed by atoms with Crippen LogP contribution in [0.1, 0.15) is 46.1 Å². The molecule has 1 aromatic carbocycles. The van der Waals surface area contributed by atoms with E-state index in [-0.39, 0.29) is 17.6 Å². The molecule has 1 heterocycles. The van der Waals surface area contributed by atoms with Crippen molar-refractivity contribution in [1.29, 1.82) is 0 Å². The molecular formula is C16H16N2O4. The van der Waals surface area contributed by atoms with Gasteiger partial charge >= 0.3 is 0 Å². The first-order valence-electron chi connectivity index (χ1n) is 7.18. The Labute approximate surface area is 127 Å². The minimum atomic E-state index is -0.504. The van der Waals surface area contributed by atoms with Crippen LogP contribution in [-0.2, 0) is 6.42 Å². The molecule has 6 heteroatoms. The first-order valence-corrected chi connectivity index (χ1v) is 7.18. The number of non-ortho nitro benzene ring substituents is 1. The van der Waals surface area contributed by atoms with Gasteiger partial charge in [-0.2, -0.15) is 0 Å². The molecule has 1 amide bonds. The molecule has 22 heavy (non-hydrogen) atoms. The summed E-state index contributed by atoms with van der Waals surface area (Å²) in [5.74, 6) is 0.621. The fraction of sp³-hybridized carbons (Fsp3) is 0.312. The normalized spacial score (nSPS) is 16.9. The van der Waals surface area contributed by atoms with Crippen molar-refractivity contribution in [2.24, 2.45) is 0 Å². The van der Waals surface area contributed by atoms with E-state index in [2.05, 4.69) is 5.32 Å². The van der Waals surface area contributed by atoms with Crippen LogP contribution in [-0.4, -0.2) is 10.8 Å². The lowest BCUT2D eigenvalue weighted by molar-refractivity contribution is -0.384.